The van der Waals surface area contributed by atoms with Crippen LogP contribution in [0.15, 0.2) is 23.8 Å². The average molecular weight is 340 g/mol. The highest BCUT2D eigenvalue weighted by molar-refractivity contribution is 6.23. The molecule has 2 unspecified atom stereocenters. The fourth-order valence-electron chi connectivity index (χ4n) is 4.49. The zero-order valence-corrected chi connectivity index (χ0v) is 15.9. The second-order valence-corrected chi connectivity index (χ2v) is 8.31. The van der Waals surface area contributed by atoms with E-state index in [4.69, 9.17) is 4.74 Å². The Morgan fingerprint density at radius 3 is 2.36 bits per heavy atom. The quantitative estimate of drug-likeness (QED) is 0.593. The van der Waals surface area contributed by atoms with Crippen molar-refractivity contribution in [2.75, 3.05) is 6.61 Å². The number of hydrogen-bond donors (Lipinski definition) is 0. The molecule has 1 saturated carbocycles. The number of carbonyl (C=O) groups is 2. The summed E-state index contributed by atoms with van der Waals surface area (Å²) in [4.78, 5) is 25.7. The van der Waals surface area contributed by atoms with Gasteiger partial charge in [-0.25, -0.2) is 0 Å². The van der Waals surface area contributed by atoms with E-state index >= 15 is 0 Å². The first kappa shape index (κ1) is 18.1. The molecule has 1 aromatic rings. The highest BCUT2D eigenvalue weighted by Crippen LogP contribution is 2.38. The summed E-state index contributed by atoms with van der Waals surface area (Å²) in [6.07, 6.45) is 4.14. The number of aryl methyl sites for hydroxylation is 3. The Morgan fingerprint density at radius 2 is 1.76 bits per heavy atom. The van der Waals surface area contributed by atoms with Gasteiger partial charge in [0.25, 0.3) is 0 Å². The summed E-state index contributed by atoms with van der Waals surface area (Å²) >= 11 is 0. The summed E-state index contributed by atoms with van der Waals surface area (Å²) < 4.78 is 5.76. The fourth-order valence-corrected chi connectivity index (χ4v) is 4.49. The SMILES string of the molecule is Cc1cc(C)c(C2C(=O)C/C(=C\C3CCOC(C)(C)C3)C2=O)c(C)c1. The molecule has 1 saturated heterocycles. The number of allylic oxidation sites excluding steroid dienone is 2. The van der Waals surface area contributed by atoms with Gasteiger partial charge in [-0.3, -0.25) is 9.59 Å². The van der Waals surface area contributed by atoms with E-state index in [0.717, 1.165) is 35.1 Å². The number of ether oxygens (including phenoxy) is 1. The number of ketones is 2. The third-order valence-electron chi connectivity index (χ3n) is 5.46. The van der Waals surface area contributed by atoms with Gasteiger partial charge in [-0.2, -0.15) is 0 Å². The van der Waals surface area contributed by atoms with Crippen molar-refractivity contribution in [3.63, 3.8) is 0 Å². The van der Waals surface area contributed by atoms with E-state index in [9.17, 15) is 9.59 Å². The van der Waals surface area contributed by atoms with Crippen molar-refractivity contribution in [1.82, 2.24) is 0 Å². The van der Waals surface area contributed by atoms with E-state index in [1.54, 1.807) is 0 Å². The summed E-state index contributed by atoms with van der Waals surface area (Å²) in [5, 5.41) is 0. The second-order valence-electron chi connectivity index (χ2n) is 8.31. The lowest BCUT2D eigenvalue weighted by atomic mass is 9.85. The molecule has 1 heterocycles. The summed E-state index contributed by atoms with van der Waals surface area (Å²) in [7, 11) is 0. The van der Waals surface area contributed by atoms with Crippen molar-refractivity contribution in [1.29, 1.82) is 0 Å². The first-order valence-electron chi connectivity index (χ1n) is 9.17. The van der Waals surface area contributed by atoms with Gasteiger partial charge in [0, 0.05) is 13.0 Å². The van der Waals surface area contributed by atoms with E-state index < -0.39 is 5.92 Å². The molecule has 0 radical (unpaired) electrons. The lowest BCUT2D eigenvalue weighted by Gasteiger charge is -2.34. The van der Waals surface area contributed by atoms with Crippen LogP contribution in [0.3, 0.4) is 0 Å². The monoisotopic (exact) mass is 340 g/mol. The third kappa shape index (κ3) is 3.62. The van der Waals surface area contributed by atoms with Crippen molar-refractivity contribution in [3.8, 4) is 0 Å². The van der Waals surface area contributed by atoms with Crippen LogP contribution in [0.2, 0.25) is 0 Å². The van der Waals surface area contributed by atoms with Gasteiger partial charge >= 0.3 is 0 Å². The maximum atomic E-state index is 13.0. The van der Waals surface area contributed by atoms with E-state index in [1.807, 2.05) is 20.8 Å². The molecule has 2 fully saturated rings. The number of Topliss-reactive ketones (excluding diaryl/α,β-unsaturated/α-hetero) is 2. The Morgan fingerprint density at radius 1 is 1.12 bits per heavy atom. The van der Waals surface area contributed by atoms with Crippen LogP contribution < -0.4 is 0 Å². The molecule has 1 aliphatic carbocycles. The van der Waals surface area contributed by atoms with Gasteiger partial charge in [0.1, 0.15) is 5.92 Å². The predicted octanol–water partition coefficient (Wildman–Crippen LogP) is 4.37. The molecule has 25 heavy (non-hydrogen) atoms. The maximum absolute atomic E-state index is 13.0. The minimum Gasteiger partial charge on any atom is -0.376 e. The standard InChI is InChI=1S/C22H28O3/c1-13-8-14(2)19(15(3)9-13)20-18(23)11-17(21(20)24)10-16-6-7-25-22(4,5)12-16/h8-10,16,20H,6-7,11-12H2,1-5H3/b17-10+. The predicted molar refractivity (Wildman–Crippen MR) is 98.9 cm³/mol. The van der Waals surface area contributed by atoms with E-state index in [0.29, 0.717) is 18.1 Å². The highest BCUT2D eigenvalue weighted by Gasteiger charge is 2.40. The van der Waals surface area contributed by atoms with Crippen LogP contribution in [-0.2, 0) is 14.3 Å². The summed E-state index contributed by atoms with van der Waals surface area (Å²) in [5.41, 5.74) is 4.70. The number of benzene rings is 1. The molecule has 2 atom stereocenters. The van der Waals surface area contributed by atoms with Gasteiger partial charge in [-0.15, -0.1) is 0 Å². The molecule has 0 amide bonds. The normalized spacial score (nSPS) is 28.0. The second kappa shape index (κ2) is 6.53. The van der Waals surface area contributed by atoms with Gasteiger partial charge < -0.3 is 4.74 Å². The lowest BCUT2D eigenvalue weighted by molar-refractivity contribution is -0.123. The Bertz CT molecular complexity index is 732. The van der Waals surface area contributed by atoms with Gasteiger partial charge in [0.2, 0.25) is 0 Å². The van der Waals surface area contributed by atoms with Crippen LogP contribution in [0.1, 0.15) is 61.3 Å². The third-order valence-corrected chi connectivity index (χ3v) is 5.46. The average Bonchev–Trinajstić information content (AvgIpc) is 2.73. The molecule has 1 aromatic carbocycles. The molecular weight excluding hydrogens is 312 g/mol. The molecular formula is C22H28O3. The summed E-state index contributed by atoms with van der Waals surface area (Å²) in [6, 6.07) is 4.12. The van der Waals surface area contributed by atoms with Crippen molar-refractivity contribution in [2.45, 2.75) is 65.4 Å². The Labute approximate surface area is 150 Å². The van der Waals surface area contributed by atoms with Gasteiger partial charge in [-0.1, -0.05) is 23.8 Å². The number of rotatable bonds is 2. The Hall–Kier alpha value is -1.74. The van der Waals surface area contributed by atoms with Crippen LogP contribution in [-0.4, -0.2) is 23.8 Å². The Kier molecular flexibility index (Phi) is 4.72. The molecule has 1 aliphatic heterocycles. The first-order chi connectivity index (χ1) is 11.7. The molecule has 3 heteroatoms. The van der Waals surface area contributed by atoms with E-state index in [-0.39, 0.29) is 23.6 Å². The van der Waals surface area contributed by atoms with Crippen molar-refractivity contribution >= 4 is 11.6 Å². The molecule has 0 spiro atoms. The minimum absolute atomic E-state index is 0.00403. The van der Waals surface area contributed by atoms with Crippen LogP contribution >= 0.6 is 0 Å². The van der Waals surface area contributed by atoms with Crippen molar-refractivity contribution in [2.24, 2.45) is 5.92 Å². The molecule has 0 bridgehead atoms. The van der Waals surface area contributed by atoms with Gasteiger partial charge in [0.05, 0.1) is 5.60 Å². The zero-order valence-electron chi connectivity index (χ0n) is 15.9. The van der Waals surface area contributed by atoms with Crippen LogP contribution in [0.5, 0.6) is 0 Å². The van der Waals surface area contributed by atoms with Crippen molar-refractivity contribution < 1.29 is 14.3 Å². The van der Waals surface area contributed by atoms with Crippen LogP contribution in [0, 0.1) is 26.7 Å². The maximum Gasteiger partial charge on any atom is 0.173 e. The molecule has 0 aromatic heterocycles. The molecule has 3 rings (SSSR count). The van der Waals surface area contributed by atoms with Gasteiger partial charge in [-0.05, 0) is 75.6 Å². The summed E-state index contributed by atoms with van der Waals surface area (Å²) in [5.74, 6) is -0.254. The smallest absolute Gasteiger partial charge is 0.173 e. The largest absolute Gasteiger partial charge is 0.376 e. The number of carbonyl (C=O) groups excluding carboxylic acids is 2. The fraction of sp³-hybridized carbons (Fsp3) is 0.545. The van der Waals surface area contributed by atoms with Gasteiger partial charge in [0.15, 0.2) is 11.6 Å². The van der Waals surface area contributed by atoms with Crippen molar-refractivity contribution in [3.05, 3.63) is 46.0 Å². The first-order valence-corrected chi connectivity index (χ1v) is 9.17. The van der Waals surface area contributed by atoms with Crippen LogP contribution in [0.4, 0.5) is 0 Å². The van der Waals surface area contributed by atoms with E-state index in [1.165, 1.54) is 0 Å². The Balaban J connectivity index is 1.90. The molecule has 2 aliphatic rings. The molecule has 3 nitrogen and oxygen atoms in total. The minimum atomic E-state index is -0.611. The van der Waals surface area contributed by atoms with E-state index in [2.05, 4.69) is 32.1 Å². The molecule has 134 valence electrons. The topological polar surface area (TPSA) is 43.4 Å². The van der Waals surface area contributed by atoms with Crippen LogP contribution in [0.25, 0.3) is 0 Å². The zero-order chi connectivity index (χ0) is 18.4. The number of hydrogen-bond acceptors (Lipinski definition) is 3. The highest BCUT2D eigenvalue weighted by atomic mass is 16.5. The summed E-state index contributed by atoms with van der Waals surface area (Å²) in [6.45, 7) is 10.9. The lowest BCUT2D eigenvalue weighted by Crippen LogP contribution is -2.33. The molecule has 0 N–H and O–H groups in total.